The Morgan fingerprint density at radius 3 is 2.95 bits per heavy atom. The summed E-state index contributed by atoms with van der Waals surface area (Å²) >= 11 is 1.18. The minimum Gasteiger partial charge on any atom is -0.375 e. The van der Waals surface area contributed by atoms with Crippen LogP contribution in [0.2, 0.25) is 0 Å². The lowest BCUT2D eigenvalue weighted by atomic mass is 10.2. The number of rotatable bonds is 4. The Labute approximate surface area is 112 Å². The fourth-order valence-corrected chi connectivity index (χ4v) is 1.99. The number of anilines is 1. The Balaban J connectivity index is 2.01. The number of non-ortho nitro benzene ring substituents is 1. The first-order chi connectivity index (χ1) is 9.06. The molecule has 1 aromatic heterocycles. The molecule has 2 rings (SSSR count). The molecule has 98 valence electrons. The fraction of sp³-hybridized carbons (Fsp3) is 0.0909. The first-order valence-corrected chi connectivity index (χ1v) is 6.17. The number of nitrogens with zero attached hydrogens (tertiary/aromatic N) is 2. The minimum absolute atomic E-state index is 0.00958. The summed E-state index contributed by atoms with van der Waals surface area (Å²) in [6, 6.07) is 6.07. The van der Waals surface area contributed by atoms with Crippen molar-refractivity contribution in [2.24, 2.45) is 0 Å². The zero-order valence-corrected chi connectivity index (χ0v) is 10.5. The molecule has 0 saturated carbocycles. The molecule has 0 atom stereocenters. The van der Waals surface area contributed by atoms with Gasteiger partial charge in [-0.1, -0.05) is 12.1 Å². The van der Waals surface area contributed by atoms with E-state index in [9.17, 15) is 14.9 Å². The third-order valence-corrected chi connectivity index (χ3v) is 3.00. The summed E-state index contributed by atoms with van der Waals surface area (Å²) in [5, 5.41) is 15.1. The summed E-state index contributed by atoms with van der Waals surface area (Å²) in [6.07, 6.45) is 0. The van der Waals surface area contributed by atoms with Crippen LogP contribution in [0.15, 0.2) is 29.6 Å². The Morgan fingerprint density at radius 2 is 2.32 bits per heavy atom. The lowest BCUT2D eigenvalue weighted by Crippen LogP contribution is -2.23. The van der Waals surface area contributed by atoms with Crippen LogP contribution in [0.4, 0.5) is 10.8 Å². The van der Waals surface area contributed by atoms with E-state index in [0.29, 0.717) is 10.7 Å². The van der Waals surface area contributed by atoms with Crippen molar-refractivity contribution in [1.29, 1.82) is 0 Å². The van der Waals surface area contributed by atoms with Crippen molar-refractivity contribution in [1.82, 2.24) is 10.3 Å². The summed E-state index contributed by atoms with van der Waals surface area (Å²) < 4.78 is 0. The summed E-state index contributed by atoms with van der Waals surface area (Å²) in [7, 11) is 0. The van der Waals surface area contributed by atoms with E-state index in [4.69, 9.17) is 5.73 Å². The van der Waals surface area contributed by atoms with Gasteiger partial charge in [0.25, 0.3) is 11.6 Å². The molecule has 0 radical (unpaired) electrons. The number of thiazole rings is 1. The Kier molecular flexibility index (Phi) is 3.71. The van der Waals surface area contributed by atoms with Gasteiger partial charge in [0.05, 0.1) is 4.92 Å². The van der Waals surface area contributed by atoms with Gasteiger partial charge in [0.2, 0.25) is 0 Å². The van der Waals surface area contributed by atoms with E-state index in [-0.39, 0.29) is 23.8 Å². The summed E-state index contributed by atoms with van der Waals surface area (Å²) in [6.45, 7) is 0.192. The smallest absolute Gasteiger partial charge is 0.271 e. The largest absolute Gasteiger partial charge is 0.375 e. The van der Waals surface area contributed by atoms with Crippen LogP contribution in [-0.2, 0) is 6.54 Å². The highest BCUT2D eigenvalue weighted by atomic mass is 32.1. The second-order valence-corrected chi connectivity index (χ2v) is 4.57. The number of carbonyl (C=O) groups is 1. The van der Waals surface area contributed by atoms with Gasteiger partial charge < -0.3 is 11.1 Å². The highest BCUT2D eigenvalue weighted by Crippen LogP contribution is 2.14. The lowest BCUT2D eigenvalue weighted by molar-refractivity contribution is -0.384. The summed E-state index contributed by atoms with van der Waals surface area (Å²) in [5.41, 5.74) is 6.31. The summed E-state index contributed by atoms with van der Waals surface area (Å²) in [4.78, 5) is 25.7. The van der Waals surface area contributed by atoms with E-state index in [1.807, 2.05) is 0 Å². The van der Waals surface area contributed by atoms with E-state index in [1.54, 1.807) is 17.5 Å². The molecule has 0 aliphatic rings. The first-order valence-electron chi connectivity index (χ1n) is 5.29. The molecule has 0 aliphatic heterocycles. The maximum absolute atomic E-state index is 11.7. The summed E-state index contributed by atoms with van der Waals surface area (Å²) in [5.74, 6) is -0.362. The van der Waals surface area contributed by atoms with E-state index in [0.717, 1.165) is 0 Å². The molecule has 8 heteroatoms. The van der Waals surface area contributed by atoms with Gasteiger partial charge in [-0.15, -0.1) is 11.3 Å². The number of benzene rings is 1. The third kappa shape index (κ3) is 3.26. The highest BCUT2D eigenvalue weighted by molar-refractivity contribution is 7.13. The topological polar surface area (TPSA) is 111 Å². The molecule has 0 saturated heterocycles. The number of nitro groups is 1. The molecule has 1 aromatic carbocycles. The SMILES string of the molecule is Nc1nc(C(=O)NCc2cccc([N+](=O)[O-])c2)cs1. The highest BCUT2D eigenvalue weighted by Gasteiger charge is 2.10. The standard InChI is InChI=1S/C11H10N4O3S/c12-11-14-9(6-19-11)10(16)13-5-7-2-1-3-8(4-7)15(17)18/h1-4,6H,5H2,(H2,12,14)(H,13,16). The number of amides is 1. The number of nitrogen functional groups attached to an aromatic ring is 1. The second kappa shape index (κ2) is 5.44. The average Bonchev–Trinajstić information content (AvgIpc) is 2.83. The van der Waals surface area contributed by atoms with Crippen molar-refractivity contribution in [3.63, 3.8) is 0 Å². The van der Waals surface area contributed by atoms with Crippen molar-refractivity contribution in [3.8, 4) is 0 Å². The molecule has 1 amide bonds. The molecule has 0 spiro atoms. The number of hydrogen-bond donors (Lipinski definition) is 2. The number of aromatic nitrogens is 1. The molecular formula is C11H10N4O3S. The molecule has 0 bridgehead atoms. The van der Waals surface area contributed by atoms with E-state index in [1.165, 1.54) is 23.5 Å². The monoisotopic (exact) mass is 278 g/mol. The van der Waals surface area contributed by atoms with Crippen LogP contribution in [0.3, 0.4) is 0 Å². The van der Waals surface area contributed by atoms with Gasteiger partial charge in [-0.25, -0.2) is 4.98 Å². The quantitative estimate of drug-likeness (QED) is 0.651. The molecule has 0 unspecified atom stereocenters. The maximum Gasteiger partial charge on any atom is 0.271 e. The predicted octanol–water partition coefficient (Wildman–Crippen LogP) is 1.56. The van der Waals surface area contributed by atoms with Crippen LogP contribution in [-0.4, -0.2) is 15.8 Å². The number of carbonyl (C=O) groups excluding carboxylic acids is 1. The van der Waals surface area contributed by atoms with Gasteiger partial charge in [-0.2, -0.15) is 0 Å². The molecular weight excluding hydrogens is 268 g/mol. The van der Waals surface area contributed by atoms with Crippen LogP contribution in [0.25, 0.3) is 0 Å². The zero-order valence-electron chi connectivity index (χ0n) is 9.70. The Hall–Kier alpha value is -2.48. The molecule has 0 fully saturated rings. The zero-order chi connectivity index (χ0) is 13.8. The number of hydrogen-bond acceptors (Lipinski definition) is 6. The number of nitro benzene ring substituents is 1. The van der Waals surface area contributed by atoms with Crippen LogP contribution in [0.1, 0.15) is 16.1 Å². The van der Waals surface area contributed by atoms with Gasteiger partial charge in [0, 0.05) is 24.1 Å². The van der Waals surface area contributed by atoms with E-state index >= 15 is 0 Å². The fourth-order valence-electron chi connectivity index (χ4n) is 1.44. The van der Waals surface area contributed by atoms with Gasteiger partial charge >= 0.3 is 0 Å². The molecule has 0 aliphatic carbocycles. The van der Waals surface area contributed by atoms with Crippen molar-refractivity contribution >= 4 is 28.1 Å². The van der Waals surface area contributed by atoms with Crippen molar-refractivity contribution < 1.29 is 9.72 Å². The molecule has 3 N–H and O–H groups in total. The Morgan fingerprint density at radius 1 is 1.53 bits per heavy atom. The number of nitrogens with one attached hydrogen (secondary N) is 1. The maximum atomic E-state index is 11.7. The molecule has 7 nitrogen and oxygen atoms in total. The van der Waals surface area contributed by atoms with Gasteiger partial charge in [-0.3, -0.25) is 14.9 Å². The van der Waals surface area contributed by atoms with Crippen LogP contribution < -0.4 is 11.1 Å². The van der Waals surface area contributed by atoms with E-state index in [2.05, 4.69) is 10.3 Å². The molecule has 19 heavy (non-hydrogen) atoms. The first kappa shape index (κ1) is 13.0. The van der Waals surface area contributed by atoms with Gasteiger partial charge in [0.15, 0.2) is 5.13 Å². The normalized spacial score (nSPS) is 10.1. The Bertz CT molecular complexity index is 626. The van der Waals surface area contributed by atoms with Crippen molar-refractivity contribution in [2.45, 2.75) is 6.54 Å². The average molecular weight is 278 g/mol. The minimum atomic E-state index is -0.480. The van der Waals surface area contributed by atoms with Crippen LogP contribution in [0.5, 0.6) is 0 Å². The van der Waals surface area contributed by atoms with Gasteiger partial charge in [0.1, 0.15) is 5.69 Å². The third-order valence-electron chi connectivity index (χ3n) is 2.33. The molecule has 1 heterocycles. The van der Waals surface area contributed by atoms with Crippen molar-refractivity contribution in [2.75, 3.05) is 5.73 Å². The lowest BCUT2D eigenvalue weighted by Gasteiger charge is -2.03. The number of nitrogens with two attached hydrogens (primary N) is 1. The molecule has 2 aromatic rings. The van der Waals surface area contributed by atoms with Crippen LogP contribution in [0, 0.1) is 10.1 Å². The van der Waals surface area contributed by atoms with Crippen molar-refractivity contribution in [3.05, 3.63) is 51.0 Å². The van der Waals surface area contributed by atoms with Crippen LogP contribution >= 0.6 is 11.3 Å². The van der Waals surface area contributed by atoms with Gasteiger partial charge in [-0.05, 0) is 5.56 Å². The second-order valence-electron chi connectivity index (χ2n) is 3.68. The van der Waals surface area contributed by atoms with E-state index < -0.39 is 4.92 Å². The predicted molar refractivity (Wildman–Crippen MR) is 70.8 cm³/mol.